The maximum absolute atomic E-state index is 12.7. The normalized spacial score (nSPS) is 26.4. The highest BCUT2D eigenvalue weighted by Gasteiger charge is 2.61. The summed E-state index contributed by atoms with van der Waals surface area (Å²) in [5.41, 5.74) is -0.313. The van der Waals surface area contributed by atoms with Crippen molar-refractivity contribution in [2.45, 2.75) is 12.5 Å². The van der Waals surface area contributed by atoms with Crippen LogP contribution in [0.15, 0.2) is 42.5 Å². The van der Waals surface area contributed by atoms with Crippen molar-refractivity contribution in [2.24, 2.45) is 11.8 Å². The minimum absolute atomic E-state index is 0.132. The number of aryl methyl sites for hydroxylation is 1. The number of ether oxygens (including phenoxy) is 2. The third-order valence-corrected chi connectivity index (χ3v) is 5.67. The van der Waals surface area contributed by atoms with Crippen LogP contribution >= 0.6 is 0 Å². The molecule has 7 heteroatoms. The van der Waals surface area contributed by atoms with E-state index in [4.69, 9.17) is 9.47 Å². The van der Waals surface area contributed by atoms with Gasteiger partial charge in [-0.05, 0) is 30.7 Å². The molecule has 2 aromatic carbocycles. The monoisotopic (exact) mass is 380 g/mol. The number of allylic oxidation sites excluding steroid dienone is 2. The molecule has 0 radical (unpaired) electrons. The lowest BCUT2D eigenvalue weighted by molar-refractivity contribution is -0.148. The van der Waals surface area contributed by atoms with Gasteiger partial charge in [0.25, 0.3) is 0 Å². The number of fused-ring (bicyclic) bond motifs is 6. The molecule has 2 aliphatic heterocycles. The molecule has 3 unspecified atom stereocenters. The zero-order valence-electron chi connectivity index (χ0n) is 14.7. The van der Waals surface area contributed by atoms with E-state index in [1.54, 1.807) is 31.2 Å². The number of carbonyl (C=O) groups excluding carboxylic acids is 1. The summed E-state index contributed by atoms with van der Waals surface area (Å²) in [5.74, 6) is -3.63. The SMILES string of the molecule is Cc1cc2c(c(O)c1O)Oc1c(ccc(O)c1O)C21OC(=O)C2C=CC=CC21. The number of hydrogen-bond acceptors (Lipinski definition) is 7. The Morgan fingerprint density at radius 1 is 0.929 bits per heavy atom. The summed E-state index contributed by atoms with van der Waals surface area (Å²) >= 11 is 0. The number of hydrogen-bond donors (Lipinski definition) is 4. The summed E-state index contributed by atoms with van der Waals surface area (Å²) in [6.07, 6.45) is 7.13. The number of rotatable bonds is 0. The van der Waals surface area contributed by atoms with E-state index >= 15 is 0 Å². The molecule has 1 fully saturated rings. The van der Waals surface area contributed by atoms with E-state index in [1.807, 2.05) is 6.08 Å². The Bertz CT molecular complexity index is 1110. The van der Waals surface area contributed by atoms with Gasteiger partial charge < -0.3 is 29.9 Å². The van der Waals surface area contributed by atoms with E-state index in [9.17, 15) is 25.2 Å². The molecule has 28 heavy (non-hydrogen) atoms. The predicted molar refractivity (Wildman–Crippen MR) is 96.5 cm³/mol. The number of phenolic OH excluding ortho intramolecular Hbond substituents is 4. The van der Waals surface area contributed by atoms with Gasteiger partial charge in [0.2, 0.25) is 11.5 Å². The van der Waals surface area contributed by atoms with E-state index in [2.05, 4.69) is 0 Å². The first kappa shape index (κ1) is 16.6. The van der Waals surface area contributed by atoms with E-state index < -0.39 is 40.7 Å². The van der Waals surface area contributed by atoms with Crippen molar-refractivity contribution in [3.8, 4) is 34.5 Å². The fourth-order valence-corrected chi connectivity index (χ4v) is 4.34. The second-order valence-corrected chi connectivity index (χ2v) is 7.16. The Morgan fingerprint density at radius 3 is 2.43 bits per heavy atom. The van der Waals surface area contributed by atoms with E-state index in [0.717, 1.165) is 0 Å². The Labute approximate surface area is 159 Å². The van der Waals surface area contributed by atoms with Gasteiger partial charge >= 0.3 is 5.97 Å². The van der Waals surface area contributed by atoms with Crippen molar-refractivity contribution in [1.29, 1.82) is 0 Å². The predicted octanol–water partition coefficient (Wildman–Crippen LogP) is 3.08. The molecule has 1 spiro atoms. The van der Waals surface area contributed by atoms with Gasteiger partial charge in [-0.1, -0.05) is 24.3 Å². The van der Waals surface area contributed by atoms with Crippen LogP contribution in [0.5, 0.6) is 34.5 Å². The standard InChI is InChI=1S/C21H16O7/c1-9-8-13-19(17(25)15(9)23)27-18-12(6-7-14(22)16(18)24)21(13)11-5-3-2-4-10(11)20(26)28-21/h2-8,10-11,22-25H,1H3. The van der Waals surface area contributed by atoms with Gasteiger partial charge in [-0.2, -0.15) is 0 Å². The number of carbonyl (C=O) groups is 1. The summed E-state index contributed by atoms with van der Waals surface area (Å²) in [6, 6.07) is 4.41. The summed E-state index contributed by atoms with van der Waals surface area (Å²) in [7, 11) is 0. The minimum atomic E-state index is -1.40. The lowest BCUT2D eigenvalue weighted by Gasteiger charge is -2.40. The molecule has 5 rings (SSSR count). The molecule has 2 aromatic rings. The lowest BCUT2D eigenvalue weighted by atomic mass is 9.69. The molecule has 4 N–H and O–H groups in total. The van der Waals surface area contributed by atoms with E-state index in [1.165, 1.54) is 12.1 Å². The van der Waals surface area contributed by atoms with Crippen LogP contribution in [0.25, 0.3) is 0 Å². The van der Waals surface area contributed by atoms with Gasteiger partial charge in [-0.25, -0.2) is 0 Å². The zero-order valence-corrected chi connectivity index (χ0v) is 14.7. The zero-order chi connectivity index (χ0) is 19.8. The van der Waals surface area contributed by atoms with Crippen molar-refractivity contribution in [3.05, 3.63) is 59.2 Å². The largest absolute Gasteiger partial charge is 0.504 e. The molecule has 3 aliphatic rings. The van der Waals surface area contributed by atoms with Crippen LogP contribution in [0.1, 0.15) is 16.7 Å². The second-order valence-electron chi connectivity index (χ2n) is 7.16. The first-order chi connectivity index (χ1) is 13.4. The van der Waals surface area contributed by atoms with Gasteiger partial charge in [-0.3, -0.25) is 4.79 Å². The van der Waals surface area contributed by atoms with Gasteiger partial charge in [0.15, 0.2) is 28.6 Å². The molecular weight excluding hydrogens is 364 g/mol. The molecule has 1 saturated heterocycles. The number of esters is 1. The third-order valence-electron chi connectivity index (χ3n) is 5.67. The molecule has 142 valence electrons. The van der Waals surface area contributed by atoms with E-state index in [-0.39, 0.29) is 17.2 Å². The highest BCUT2D eigenvalue weighted by Crippen LogP contribution is 2.64. The van der Waals surface area contributed by atoms with Gasteiger partial charge in [0.05, 0.1) is 5.92 Å². The summed E-state index contributed by atoms with van der Waals surface area (Å²) in [5, 5.41) is 41.0. The maximum atomic E-state index is 12.7. The van der Waals surface area contributed by atoms with Gasteiger partial charge in [0, 0.05) is 17.0 Å². The molecule has 3 atom stereocenters. The highest BCUT2D eigenvalue weighted by molar-refractivity contribution is 5.83. The van der Waals surface area contributed by atoms with Crippen LogP contribution in [0.2, 0.25) is 0 Å². The van der Waals surface area contributed by atoms with Crippen molar-refractivity contribution in [1.82, 2.24) is 0 Å². The van der Waals surface area contributed by atoms with Crippen LogP contribution in [0.3, 0.4) is 0 Å². The molecule has 0 aromatic heterocycles. The van der Waals surface area contributed by atoms with Gasteiger partial charge in [-0.15, -0.1) is 0 Å². The molecular formula is C21H16O7. The molecule has 1 aliphatic carbocycles. The van der Waals surface area contributed by atoms with Crippen molar-refractivity contribution in [2.75, 3.05) is 0 Å². The summed E-state index contributed by atoms with van der Waals surface area (Å²) in [4.78, 5) is 12.7. The quantitative estimate of drug-likeness (QED) is 0.410. The first-order valence-corrected chi connectivity index (χ1v) is 8.73. The van der Waals surface area contributed by atoms with Crippen LogP contribution in [-0.4, -0.2) is 26.4 Å². The van der Waals surface area contributed by atoms with Crippen molar-refractivity contribution in [3.63, 3.8) is 0 Å². The van der Waals surface area contributed by atoms with Crippen molar-refractivity contribution < 1.29 is 34.7 Å². The lowest BCUT2D eigenvalue weighted by Crippen LogP contribution is -2.37. The Morgan fingerprint density at radius 2 is 1.64 bits per heavy atom. The molecule has 0 saturated carbocycles. The molecule has 0 bridgehead atoms. The fourth-order valence-electron chi connectivity index (χ4n) is 4.34. The van der Waals surface area contributed by atoms with Gasteiger partial charge in [0.1, 0.15) is 0 Å². The fraction of sp³-hybridized carbons (Fsp3) is 0.190. The molecule has 7 nitrogen and oxygen atoms in total. The molecule has 0 amide bonds. The smallest absolute Gasteiger partial charge is 0.314 e. The average molecular weight is 380 g/mol. The Hall–Kier alpha value is -3.61. The molecule has 2 heterocycles. The van der Waals surface area contributed by atoms with Crippen molar-refractivity contribution >= 4 is 5.97 Å². The second kappa shape index (κ2) is 5.22. The number of benzene rings is 2. The average Bonchev–Trinajstić information content (AvgIpc) is 2.98. The maximum Gasteiger partial charge on any atom is 0.314 e. The highest BCUT2D eigenvalue weighted by atomic mass is 16.6. The first-order valence-electron chi connectivity index (χ1n) is 8.73. The number of phenols is 4. The van der Waals surface area contributed by atoms with Crippen LogP contribution in [-0.2, 0) is 15.1 Å². The Kier molecular flexibility index (Phi) is 3.09. The topological polar surface area (TPSA) is 116 Å². The number of aromatic hydroxyl groups is 4. The Balaban J connectivity index is 1.91. The van der Waals surface area contributed by atoms with Crippen LogP contribution < -0.4 is 4.74 Å². The third kappa shape index (κ3) is 1.80. The van der Waals surface area contributed by atoms with E-state index in [0.29, 0.717) is 16.7 Å². The van der Waals surface area contributed by atoms with Crippen LogP contribution in [0, 0.1) is 18.8 Å². The van der Waals surface area contributed by atoms with Crippen LogP contribution in [0.4, 0.5) is 0 Å². The summed E-state index contributed by atoms with van der Waals surface area (Å²) in [6.45, 7) is 1.61. The minimum Gasteiger partial charge on any atom is -0.504 e. The summed E-state index contributed by atoms with van der Waals surface area (Å²) < 4.78 is 11.6.